The Morgan fingerprint density at radius 2 is 2.00 bits per heavy atom. The summed E-state index contributed by atoms with van der Waals surface area (Å²) in [5.74, 6) is -0.0142. The number of anilines is 1. The largest absolute Gasteiger partial charge is 0.492 e. The lowest BCUT2D eigenvalue weighted by Crippen LogP contribution is -2.39. The zero-order chi connectivity index (χ0) is 21.2. The molecule has 2 aromatic rings. The van der Waals surface area contributed by atoms with Crippen molar-refractivity contribution in [2.45, 2.75) is 31.5 Å². The standard InChI is InChI=1S/C20H20ClF3N2O3/c21-18-6-5-16(11-17(18)20(22,23)24)29-8-7-26(19(25)28)14-3-1-12-2-4-15(27)10-13(12)9-14/h1,3,5-6,9,11,15,27H,2,4,7-8,10H2,(H2,25,28). The molecule has 3 N–H and O–H groups in total. The van der Waals surface area contributed by atoms with Gasteiger partial charge < -0.3 is 15.6 Å². The smallest absolute Gasteiger partial charge is 0.417 e. The zero-order valence-electron chi connectivity index (χ0n) is 15.4. The molecule has 1 unspecified atom stereocenters. The van der Waals surface area contributed by atoms with Gasteiger partial charge in [-0.25, -0.2) is 4.79 Å². The van der Waals surface area contributed by atoms with Crippen molar-refractivity contribution in [2.75, 3.05) is 18.1 Å². The number of amides is 2. The molecule has 0 spiro atoms. The van der Waals surface area contributed by atoms with E-state index < -0.39 is 28.9 Å². The van der Waals surface area contributed by atoms with Crippen molar-refractivity contribution in [1.82, 2.24) is 0 Å². The number of urea groups is 1. The van der Waals surface area contributed by atoms with Gasteiger partial charge in [-0.3, -0.25) is 4.90 Å². The Morgan fingerprint density at radius 1 is 1.24 bits per heavy atom. The summed E-state index contributed by atoms with van der Waals surface area (Å²) in [7, 11) is 0. The maximum atomic E-state index is 12.9. The highest BCUT2D eigenvalue weighted by molar-refractivity contribution is 6.31. The number of nitrogens with two attached hydrogens (primary N) is 1. The van der Waals surface area contributed by atoms with Crippen molar-refractivity contribution in [3.8, 4) is 5.75 Å². The molecule has 9 heteroatoms. The van der Waals surface area contributed by atoms with E-state index in [1.54, 1.807) is 12.1 Å². The first-order chi connectivity index (χ1) is 13.6. The molecule has 2 amide bonds. The molecule has 0 fully saturated rings. The minimum absolute atomic E-state index is 0.0142. The summed E-state index contributed by atoms with van der Waals surface area (Å²) in [6.45, 7) is -0.0256. The number of aliphatic hydroxyl groups is 1. The van der Waals surface area contributed by atoms with E-state index in [0.29, 0.717) is 18.5 Å². The second-order valence-corrected chi connectivity index (χ2v) is 7.23. The number of ether oxygens (including phenoxy) is 1. The normalized spacial score (nSPS) is 16.2. The van der Waals surface area contributed by atoms with Gasteiger partial charge in [-0.1, -0.05) is 17.7 Å². The quantitative estimate of drug-likeness (QED) is 0.750. The van der Waals surface area contributed by atoms with Crippen LogP contribution in [0.25, 0.3) is 0 Å². The Kier molecular flexibility index (Phi) is 6.24. The number of rotatable bonds is 5. The van der Waals surface area contributed by atoms with E-state index >= 15 is 0 Å². The van der Waals surface area contributed by atoms with Crippen molar-refractivity contribution in [1.29, 1.82) is 0 Å². The minimum Gasteiger partial charge on any atom is -0.492 e. The van der Waals surface area contributed by atoms with Crippen molar-refractivity contribution >= 4 is 23.3 Å². The van der Waals surface area contributed by atoms with Crippen LogP contribution in [0.15, 0.2) is 36.4 Å². The fourth-order valence-corrected chi connectivity index (χ4v) is 3.55. The second kappa shape index (κ2) is 8.51. The molecule has 3 rings (SSSR count). The first-order valence-corrected chi connectivity index (χ1v) is 9.39. The molecule has 0 bridgehead atoms. The molecule has 1 aliphatic carbocycles. The molecule has 5 nitrogen and oxygen atoms in total. The Labute approximate surface area is 170 Å². The number of aryl methyl sites for hydroxylation is 1. The zero-order valence-corrected chi connectivity index (χ0v) is 16.1. The van der Waals surface area contributed by atoms with Gasteiger partial charge in [0.25, 0.3) is 0 Å². The minimum atomic E-state index is -4.59. The van der Waals surface area contributed by atoms with E-state index in [4.69, 9.17) is 22.1 Å². The molecule has 156 valence electrons. The van der Waals surface area contributed by atoms with Crippen LogP contribution in [-0.2, 0) is 19.0 Å². The van der Waals surface area contributed by atoms with Crippen LogP contribution in [0, 0.1) is 0 Å². The number of carbonyl (C=O) groups is 1. The molecule has 0 aromatic heterocycles. The molecule has 29 heavy (non-hydrogen) atoms. The Morgan fingerprint density at radius 3 is 2.69 bits per heavy atom. The third-order valence-electron chi connectivity index (χ3n) is 4.80. The third-order valence-corrected chi connectivity index (χ3v) is 5.13. The molecular weight excluding hydrogens is 409 g/mol. The lowest BCUT2D eigenvalue weighted by Gasteiger charge is -2.25. The maximum Gasteiger partial charge on any atom is 0.417 e. The molecule has 1 aliphatic rings. The number of primary amides is 1. The van der Waals surface area contributed by atoms with E-state index in [9.17, 15) is 23.1 Å². The monoisotopic (exact) mass is 428 g/mol. The lowest BCUT2D eigenvalue weighted by atomic mass is 9.89. The van der Waals surface area contributed by atoms with Crippen LogP contribution < -0.4 is 15.4 Å². The molecule has 0 radical (unpaired) electrons. The topological polar surface area (TPSA) is 75.8 Å². The molecule has 2 aromatic carbocycles. The summed E-state index contributed by atoms with van der Waals surface area (Å²) in [4.78, 5) is 13.2. The number of carbonyl (C=O) groups excluding carboxylic acids is 1. The summed E-state index contributed by atoms with van der Waals surface area (Å²) in [6.07, 6.45) is -3.06. The van der Waals surface area contributed by atoms with Gasteiger partial charge in [0.2, 0.25) is 0 Å². The second-order valence-electron chi connectivity index (χ2n) is 6.83. The fourth-order valence-electron chi connectivity index (χ4n) is 3.32. The van der Waals surface area contributed by atoms with Gasteiger partial charge in [0.15, 0.2) is 0 Å². The first-order valence-electron chi connectivity index (χ1n) is 9.01. The summed E-state index contributed by atoms with van der Waals surface area (Å²) < 4.78 is 44.2. The molecule has 0 heterocycles. The molecule has 1 atom stereocenters. The van der Waals surface area contributed by atoms with Crippen molar-refractivity contribution in [3.05, 3.63) is 58.1 Å². The summed E-state index contributed by atoms with van der Waals surface area (Å²) in [5, 5.41) is 9.43. The van der Waals surface area contributed by atoms with E-state index in [1.165, 1.54) is 11.0 Å². The van der Waals surface area contributed by atoms with Gasteiger partial charge in [0.05, 0.1) is 23.2 Å². The highest BCUT2D eigenvalue weighted by Crippen LogP contribution is 2.36. The Hall–Kier alpha value is -2.45. The number of alkyl halides is 3. The predicted octanol–water partition coefficient (Wildman–Crippen LogP) is 4.17. The van der Waals surface area contributed by atoms with Crippen LogP contribution >= 0.6 is 11.6 Å². The number of hydrogen-bond acceptors (Lipinski definition) is 3. The Balaban J connectivity index is 1.70. The van der Waals surface area contributed by atoms with E-state index in [1.807, 2.05) is 6.07 Å². The number of hydrogen-bond donors (Lipinski definition) is 2. The van der Waals surface area contributed by atoms with Crippen molar-refractivity contribution < 1.29 is 27.8 Å². The predicted molar refractivity (Wildman–Crippen MR) is 103 cm³/mol. The van der Waals surface area contributed by atoms with Crippen LogP contribution in [-0.4, -0.2) is 30.4 Å². The summed E-state index contributed by atoms with van der Waals surface area (Å²) >= 11 is 5.59. The summed E-state index contributed by atoms with van der Waals surface area (Å²) in [6, 6.07) is 7.99. The number of fused-ring (bicyclic) bond motifs is 1. The van der Waals surface area contributed by atoms with Gasteiger partial charge in [-0.05, 0) is 60.7 Å². The van der Waals surface area contributed by atoms with Crippen LogP contribution in [0.3, 0.4) is 0 Å². The van der Waals surface area contributed by atoms with E-state index in [2.05, 4.69) is 0 Å². The summed E-state index contributed by atoms with van der Waals surface area (Å²) in [5.41, 5.74) is 7.08. The number of nitrogens with zero attached hydrogens (tertiary/aromatic N) is 1. The average molecular weight is 429 g/mol. The van der Waals surface area contributed by atoms with Crippen molar-refractivity contribution in [3.63, 3.8) is 0 Å². The first kappa shape index (κ1) is 21.3. The number of benzene rings is 2. The van der Waals surface area contributed by atoms with E-state index in [-0.39, 0.29) is 18.9 Å². The van der Waals surface area contributed by atoms with Gasteiger partial charge in [0, 0.05) is 5.69 Å². The Bertz CT molecular complexity index is 905. The molecule has 0 aliphatic heterocycles. The highest BCUT2D eigenvalue weighted by Gasteiger charge is 2.33. The van der Waals surface area contributed by atoms with Crippen LogP contribution in [0.5, 0.6) is 5.75 Å². The van der Waals surface area contributed by atoms with Gasteiger partial charge in [-0.15, -0.1) is 0 Å². The van der Waals surface area contributed by atoms with Crippen LogP contribution in [0.4, 0.5) is 23.7 Å². The average Bonchev–Trinajstić information content (AvgIpc) is 2.64. The SMILES string of the molecule is NC(=O)N(CCOc1ccc(Cl)c(C(F)(F)F)c1)c1ccc2c(c1)CC(O)CC2. The van der Waals surface area contributed by atoms with Gasteiger partial charge in [0.1, 0.15) is 12.4 Å². The van der Waals surface area contributed by atoms with Crippen LogP contribution in [0.1, 0.15) is 23.1 Å². The maximum absolute atomic E-state index is 12.9. The molecular formula is C20H20ClF3N2O3. The number of aliphatic hydroxyl groups excluding tert-OH is 1. The molecule has 0 saturated heterocycles. The van der Waals surface area contributed by atoms with E-state index in [0.717, 1.165) is 29.7 Å². The van der Waals surface area contributed by atoms with Crippen LogP contribution in [0.2, 0.25) is 5.02 Å². The van der Waals surface area contributed by atoms with Gasteiger partial charge in [-0.2, -0.15) is 13.2 Å². The highest BCUT2D eigenvalue weighted by atomic mass is 35.5. The molecule has 0 saturated carbocycles. The lowest BCUT2D eigenvalue weighted by molar-refractivity contribution is -0.137. The van der Waals surface area contributed by atoms with Crippen molar-refractivity contribution in [2.24, 2.45) is 5.73 Å². The van der Waals surface area contributed by atoms with Gasteiger partial charge >= 0.3 is 12.2 Å². The fraction of sp³-hybridized carbons (Fsp3) is 0.350. The third kappa shape index (κ3) is 5.13. The number of halogens is 4.